The molecule has 6 nitrogen and oxygen atoms in total. The Morgan fingerprint density at radius 2 is 1.29 bits per heavy atom. The number of carbonyl (C=O) groups is 2. The molecule has 1 aromatic rings. The van der Waals surface area contributed by atoms with Gasteiger partial charge < -0.3 is 30.6 Å². The largest absolute Gasteiger partial charge is 2.00 e. The molecule has 0 aliphatic rings. The number of phenolic OH excluding ortho intramolecular Hbond substituents is 1. The second-order valence-corrected chi connectivity index (χ2v) is 2.57. The van der Waals surface area contributed by atoms with Gasteiger partial charge in [-0.2, -0.15) is 0 Å². The summed E-state index contributed by atoms with van der Waals surface area (Å²) < 4.78 is 0. The average molecular weight is 293 g/mol. The number of nitrogen functional groups attached to an aromatic ring is 1. The summed E-state index contributed by atoms with van der Waals surface area (Å²) in [5, 5.41) is 26.5. The molecule has 0 bridgehead atoms. The first kappa shape index (κ1) is 20.8. The van der Waals surface area contributed by atoms with E-state index < -0.39 is 11.9 Å². The summed E-state index contributed by atoms with van der Waals surface area (Å²) in [7, 11) is 0. The fourth-order valence-electron chi connectivity index (χ4n) is 0.474. The summed E-state index contributed by atoms with van der Waals surface area (Å²) in [6, 6.07) is 6.40. The van der Waals surface area contributed by atoms with E-state index in [-0.39, 0.29) is 25.2 Å². The number of phenols is 1. The Bertz CT molecular complexity index is 285. The summed E-state index contributed by atoms with van der Waals surface area (Å²) >= 11 is 0. The monoisotopic (exact) mass is 291 g/mol. The predicted molar refractivity (Wildman–Crippen MR) is 53.9 cm³/mol. The molecule has 0 saturated heterocycles. The standard InChI is InChI=1S/C6H7NO.2C2H4O2.Zn/c7-5-1-3-6(8)4-2-5;2*1-2(3)4;/h1-4,8H,7H2;2*1H3,(H,3,4);/q;;;+2/p-2. The van der Waals surface area contributed by atoms with E-state index in [9.17, 15) is 0 Å². The van der Waals surface area contributed by atoms with Crippen LogP contribution in [0.2, 0.25) is 0 Å². The number of carboxylic acid groups (broad SMARTS) is 2. The zero-order chi connectivity index (χ0) is 13.1. The van der Waals surface area contributed by atoms with Crippen molar-refractivity contribution in [2.45, 2.75) is 13.8 Å². The Morgan fingerprint density at radius 3 is 1.47 bits per heavy atom. The van der Waals surface area contributed by atoms with Crippen molar-refractivity contribution in [3.8, 4) is 5.75 Å². The van der Waals surface area contributed by atoms with Crippen molar-refractivity contribution < 1.29 is 44.4 Å². The van der Waals surface area contributed by atoms with E-state index in [0.29, 0.717) is 5.69 Å². The van der Waals surface area contributed by atoms with Crippen LogP contribution in [0.4, 0.5) is 5.69 Å². The van der Waals surface area contributed by atoms with Crippen LogP contribution in [0.3, 0.4) is 0 Å². The first-order valence-corrected chi connectivity index (χ1v) is 4.15. The molecule has 7 heteroatoms. The number of aromatic hydroxyl groups is 1. The number of carboxylic acids is 2. The van der Waals surface area contributed by atoms with Gasteiger partial charge in [-0.05, 0) is 38.1 Å². The maximum Gasteiger partial charge on any atom is 2.00 e. The van der Waals surface area contributed by atoms with E-state index in [2.05, 4.69) is 0 Å². The predicted octanol–water partition coefficient (Wildman–Crippen LogP) is -1.52. The molecule has 0 aromatic heterocycles. The van der Waals surface area contributed by atoms with E-state index in [1.54, 1.807) is 24.3 Å². The summed E-state index contributed by atoms with van der Waals surface area (Å²) in [5.74, 6) is -1.92. The molecule has 90 valence electrons. The molecule has 0 spiro atoms. The van der Waals surface area contributed by atoms with Crippen LogP contribution in [0, 0.1) is 0 Å². The molecule has 0 unspecified atom stereocenters. The van der Waals surface area contributed by atoms with Gasteiger partial charge in [0.1, 0.15) is 5.75 Å². The zero-order valence-corrected chi connectivity index (χ0v) is 12.6. The van der Waals surface area contributed by atoms with Crippen molar-refractivity contribution >= 4 is 17.6 Å². The minimum atomic E-state index is -1.08. The number of hydrogen-bond acceptors (Lipinski definition) is 6. The SMILES string of the molecule is CC(=O)[O-].CC(=O)[O-].Nc1ccc(O)cc1.[Zn+2]. The molecule has 0 amide bonds. The zero-order valence-electron chi connectivity index (χ0n) is 9.67. The Morgan fingerprint density at radius 1 is 1.06 bits per heavy atom. The maximum absolute atomic E-state index is 8.89. The second kappa shape index (κ2) is 12.5. The third-order valence-corrected chi connectivity index (χ3v) is 0.893. The van der Waals surface area contributed by atoms with Crippen molar-refractivity contribution in [3.63, 3.8) is 0 Å². The first-order chi connectivity index (χ1) is 7.25. The van der Waals surface area contributed by atoms with Gasteiger partial charge in [0.2, 0.25) is 0 Å². The van der Waals surface area contributed by atoms with Crippen LogP contribution >= 0.6 is 0 Å². The van der Waals surface area contributed by atoms with Gasteiger partial charge in [-0.1, -0.05) is 0 Å². The van der Waals surface area contributed by atoms with Gasteiger partial charge in [0, 0.05) is 17.6 Å². The van der Waals surface area contributed by atoms with Gasteiger partial charge in [-0.3, -0.25) is 0 Å². The van der Waals surface area contributed by atoms with Crippen LogP contribution in [0.1, 0.15) is 13.8 Å². The second-order valence-electron chi connectivity index (χ2n) is 2.57. The Balaban J connectivity index is -0.000000189. The number of nitrogens with two attached hydrogens (primary N) is 1. The quantitative estimate of drug-likeness (QED) is 0.340. The fraction of sp³-hybridized carbons (Fsp3) is 0.200. The van der Waals surface area contributed by atoms with Gasteiger partial charge in [0.05, 0.1) is 0 Å². The van der Waals surface area contributed by atoms with Gasteiger partial charge in [0.15, 0.2) is 0 Å². The molecule has 17 heavy (non-hydrogen) atoms. The van der Waals surface area contributed by atoms with Crippen molar-refractivity contribution in [2.75, 3.05) is 5.73 Å². The molecule has 0 saturated carbocycles. The van der Waals surface area contributed by atoms with Crippen LogP contribution in [-0.4, -0.2) is 17.0 Å². The van der Waals surface area contributed by atoms with E-state index in [1.165, 1.54) is 0 Å². The Labute approximate surface area is 112 Å². The number of carbonyl (C=O) groups excluding carboxylic acids is 2. The number of benzene rings is 1. The van der Waals surface area contributed by atoms with E-state index in [0.717, 1.165) is 13.8 Å². The molecule has 0 aliphatic carbocycles. The summed E-state index contributed by atoms with van der Waals surface area (Å²) in [6.45, 7) is 1.94. The molecule has 1 rings (SSSR count). The third kappa shape index (κ3) is 31.4. The molecule has 0 fully saturated rings. The minimum Gasteiger partial charge on any atom is -0.550 e. The molecule has 0 heterocycles. The van der Waals surface area contributed by atoms with Crippen LogP contribution < -0.4 is 15.9 Å². The average Bonchev–Trinajstić information content (AvgIpc) is 2.08. The van der Waals surface area contributed by atoms with Crippen molar-refractivity contribution in [2.24, 2.45) is 0 Å². The minimum absolute atomic E-state index is 0. The van der Waals surface area contributed by atoms with Gasteiger partial charge >= 0.3 is 19.5 Å². The fourth-order valence-corrected chi connectivity index (χ4v) is 0.474. The maximum atomic E-state index is 8.89. The molecule has 0 aliphatic heterocycles. The summed E-state index contributed by atoms with van der Waals surface area (Å²) in [6.07, 6.45) is 0. The van der Waals surface area contributed by atoms with Gasteiger partial charge in [0.25, 0.3) is 0 Å². The van der Waals surface area contributed by atoms with E-state index in [1.807, 2.05) is 0 Å². The Hall–Kier alpha value is -1.62. The number of hydrogen-bond donors (Lipinski definition) is 2. The van der Waals surface area contributed by atoms with E-state index in [4.69, 9.17) is 30.6 Å². The Kier molecular flexibility index (Phi) is 15.2. The molecular formula is C10H13NO5Zn. The molecule has 0 atom stereocenters. The normalized spacial score (nSPS) is 7.18. The van der Waals surface area contributed by atoms with Crippen LogP contribution in [-0.2, 0) is 29.1 Å². The summed E-state index contributed by atoms with van der Waals surface area (Å²) in [5.41, 5.74) is 5.98. The van der Waals surface area contributed by atoms with Crippen LogP contribution in [0.15, 0.2) is 24.3 Å². The number of rotatable bonds is 0. The number of aliphatic carboxylic acids is 2. The molecule has 1 aromatic carbocycles. The molecular weight excluding hydrogens is 280 g/mol. The topological polar surface area (TPSA) is 127 Å². The van der Waals surface area contributed by atoms with Crippen molar-refractivity contribution in [3.05, 3.63) is 24.3 Å². The van der Waals surface area contributed by atoms with Gasteiger partial charge in [-0.15, -0.1) is 0 Å². The van der Waals surface area contributed by atoms with Crippen LogP contribution in [0.5, 0.6) is 5.75 Å². The van der Waals surface area contributed by atoms with Crippen LogP contribution in [0.25, 0.3) is 0 Å². The number of anilines is 1. The first-order valence-electron chi connectivity index (χ1n) is 4.15. The third-order valence-electron chi connectivity index (χ3n) is 0.893. The molecule has 0 radical (unpaired) electrons. The summed E-state index contributed by atoms with van der Waals surface area (Å²) in [4.78, 5) is 17.8. The molecule has 3 N–H and O–H groups in total. The van der Waals surface area contributed by atoms with E-state index >= 15 is 0 Å². The van der Waals surface area contributed by atoms with Crippen molar-refractivity contribution in [1.82, 2.24) is 0 Å². The van der Waals surface area contributed by atoms with Gasteiger partial charge in [-0.25, -0.2) is 0 Å². The smallest absolute Gasteiger partial charge is 0.550 e. The van der Waals surface area contributed by atoms with Crippen molar-refractivity contribution in [1.29, 1.82) is 0 Å².